The SMILES string of the molecule is CC(CO)NC(=O)c1cccc(S(=O)(=O)Nc2ccccc2F)c1. The molecule has 0 fully saturated rings. The van der Waals surface area contributed by atoms with Crippen LogP contribution in [-0.4, -0.2) is 32.1 Å². The van der Waals surface area contributed by atoms with Crippen molar-refractivity contribution in [2.45, 2.75) is 17.9 Å². The normalized spacial score (nSPS) is 12.5. The van der Waals surface area contributed by atoms with E-state index in [1.165, 1.54) is 42.5 Å². The van der Waals surface area contributed by atoms with Crippen LogP contribution < -0.4 is 10.0 Å². The fraction of sp³-hybridized carbons (Fsp3) is 0.188. The molecule has 2 aromatic rings. The van der Waals surface area contributed by atoms with Gasteiger partial charge in [0, 0.05) is 11.6 Å². The summed E-state index contributed by atoms with van der Waals surface area (Å²) in [6, 6.07) is 10.3. The molecule has 8 heteroatoms. The molecular formula is C16H17FN2O4S. The number of anilines is 1. The molecule has 0 aliphatic carbocycles. The van der Waals surface area contributed by atoms with Crippen LogP contribution in [0.1, 0.15) is 17.3 Å². The third kappa shape index (κ3) is 4.30. The number of carbonyl (C=O) groups is 1. The summed E-state index contributed by atoms with van der Waals surface area (Å²) in [6.07, 6.45) is 0. The second-order valence-corrected chi connectivity index (χ2v) is 6.85. The zero-order chi connectivity index (χ0) is 17.7. The van der Waals surface area contributed by atoms with Crippen LogP contribution in [-0.2, 0) is 10.0 Å². The van der Waals surface area contributed by atoms with Gasteiger partial charge in [0.25, 0.3) is 15.9 Å². The molecular weight excluding hydrogens is 335 g/mol. The van der Waals surface area contributed by atoms with E-state index in [9.17, 15) is 17.6 Å². The number of hydrogen-bond donors (Lipinski definition) is 3. The second kappa shape index (κ2) is 7.41. The predicted molar refractivity (Wildman–Crippen MR) is 87.7 cm³/mol. The quantitative estimate of drug-likeness (QED) is 0.738. The highest BCUT2D eigenvalue weighted by Gasteiger charge is 2.18. The van der Waals surface area contributed by atoms with Crippen LogP contribution in [0.2, 0.25) is 0 Å². The molecule has 0 spiro atoms. The first-order valence-corrected chi connectivity index (χ1v) is 8.61. The van der Waals surface area contributed by atoms with Gasteiger partial charge in [-0.1, -0.05) is 18.2 Å². The lowest BCUT2D eigenvalue weighted by molar-refractivity contribution is 0.0922. The maximum absolute atomic E-state index is 13.6. The summed E-state index contributed by atoms with van der Waals surface area (Å²) in [7, 11) is -4.05. The summed E-state index contributed by atoms with van der Waals surface area (Å²) < 4.78 is 40.5. The Hall–Kier alpha value is -2.45. The Morgan fingerprint density at radius 2 is 1.92 bits per heavy atom. The van der Waals surface area contributed by atoms with E-state index in [4.69, 9.17) is 5.11 Å². The van der Waals surface area contributed by atoms with Crippen LogP contribution >= 0.6 is 0 Å². The maximum Gasteiger partial charge on any atom is 0.262 e. The van der Waals surface area contributed by atoms with Crippen molar-refractivity contribution in [3.8, 4) is 0 Å². The lowest BCUT2D eigenvalue weighted by atomic mass is 10.2. The van der Waals surface area contributed by atoms with Crippen LogP contribution in [0.3, 0.4) is 0 Å². The molecule has 0 heterocycles. The van der Waals surface area contributed by atoms with Crippen molar-refractivity contribution >= 4 is 21.6 Å². The van der Waals surface area contributed by atoms with Gasteiger partial charge in [-0.3, -0.25) is 9.52 Å². The third-order valence-corrected chi connectivity index (χ3v) is 4.54. The van der Waals surface area contributed by atoms with Gasteiger partial charge < -0.3 is 10.4 Å². The van der Waals surface area contributed by atoms with Gasteiger partial charge in [-0.05, 0) is 37.3 Å². The van der Waals surface area contributed by atoms with E-state index < -0.39 is 27.8 Å². The number of aliphatic hydroxyl groups is 1. The van der Waals surface area contributed by atoms with Crippen molar-refractivity contribution in [2.75, 3.05) is 11.3 Å². The first-order valence-electron chi connectivity index (χ1n) is 7.12. The Labute approximate surface area is 139 Å². The highest BCUT2D eigenvalue weighted by atomic mass is 32.2. The summed E-state index contributed by atoms with van der Waals surface area (Å²) in [5.74, 6) is -1.22. The Bertz CT molecular complexity index is 839. The lowest BCUT2D eigenvalue weighted by Gasteiger charge is -2.12. The molecule has 1 atom stereocenters. The Morgan fingerprint density at radius 3 is 2.58 bits per heavy atom. The highest BCUT2D eigenvalue weighted by Crippen LogP contribution is 2.19. The standard InChI is InChI=1S/C16H17FN2O4S/c1-11(10-20)18-16(21)12-5-4-6-13(9-12)24(22,23)19-15-8-3-2-7-14(15)17/h2-9,11,19-20H,10H2,1H3,(H,18,21). The molecule has 0 saturated carbocycles. The van der Waals surface area contributed by atoms with Crippen molar-refractivity contribution in [3.63, 3.8) is 0 Å². The number of sulfonamides is 1. The van der Waals surface area contributed by atoms with Gasteiger partial charge in [0.15, 0.2) is 0 Å². The zero-order valence-electron chi connectivity index (χ0n) is 12.9. The van der Waals surface area contributed by atoms with Crippen LogP contribution in [0.15, 0.2) is 53.4 Å². The molecule has 0 radical (unpaired) electrons. The molecule has 1 amide bonds. The summed E-state index contributed by atoms with van der Waals surface area (Å²) in [5.41, 5.74) is -0.0621. The minimum atomic E-state index is -4.05. The van der Waals surface area contributed by atoms with Crippen molar-refractivity contribution in [1.82, 2.24) is 5.32 Å². The molecule has 2 aromatic carbocycles. The summed E-state index contributed by atoms with van der Waals surface area (Å²) in [6.45, 7) is 1.37. The zero-order valence-corrected chi connectivity index (χ0v) is 13.7. The third-order valence-electron chi connectivity index (χ3n) is 3.18. The number of carbonyl (C=O) groups excluding carboxylic acids is 1. The average molecular weight is 352 g/mol. The Balaban J connectivity index is 2.27. The second-order valence-electron chi connectivity index (χ2n) is 5.17. The van der Waals surface area contributed by atoms with E-state index in [1.807, 2.05) is 0 Å². The van der Waals surface area contributed by atoms with Gasteiger partial charge in [-0.2, -0.15) is 0 Å². The number of halogens is 1. The van der Waals surface area contributed by atoms with E-state index >= 15 is 0 Å². The number of nitrogens with one attached hydrogen (secondary N) is 2. The summed E-state index contributed by atoms with van der Waals surface area (Å²) in [4.78, 5) is 11.8. The molecule has 3 N–H and O–H groups in total. The topological polar surface area (TPSA) is 95.5 Å². The first-order chi connectivity index (χ1) is 11.3. The molecule has 0 bridgehead atoms. The molecule has 6 nitrogen and oxygen atoms in total. The van der Waals surface area contributed by atoms with Crippen molar-refractivity contribution in [3.05, 3.63) is 59.9 Å². The molecule has 24 heavy (non-hydrogen) atoms. The summed E-state index contributed by atoms with van der Waals surface area (Å²) >= 11 is 0. The largest absolute Gasteiger partial charge is 0.394 e. The number of para-hydroxylation sites is 1. The molecule has 2 rings (SSSR count). The van der Waals surface area contributed by atoms with Gasteiger partial charge in [-0.25, -0.2) is 12.8 Å². The molecule has 0 aromatic heterocycles. The monoisotopic (exact) mass is 352 g/mol. The van der Waals surface area contributed by atoms with Gasteiger partial charge in [0.2, 0.25) is 0 Å². The van der Waals surface area contributed by atoms with Crippen LogP contribution in [0.25, 0.3) is 0 Å². The van der Waals surface area contributed by atoms with Crippen molar-refractivity contribution in [1.29, 1.82) is 0 Å². The average Bonchev–Trinajstić information content (AvgIpc) is 2.56. The fourth-order valence-corrected chi connectivity index (χ4v) is 3.02. The Kier molecular flexibility index (Phi) is 5.53. The Morgan fingerprint density at radius 1 is 1.21 bits per heavy atom. The minimum absolute atomic E-state index is 0.117. The number of rotatable bonds is 6. The lowest BCUT2D eigenvalue weighted by Crippen LogP contribution is -2.35. The molecule has 1 unspecified atom stereocenters. The van der Waals surface area contributed by atoms with E-state index in [-0.39, 0.29) is 22.8 Å². The van der Waals surface area contributed by atoms with Crippen LogP contribution in [0, 0.1) is 5.82 Å². The minimum Gasteiger partial charge on any atom is -0.394 e. The number of hydrogen-bond acceptors (Lipinski definition) is 4. The molecule has 0 saturated heterocycles. The highest BCUT2D eigenvalue weighted by molar-refractivity contribution is 7.92. The van der Waals surface area contributed by atoms with Crippen molar-refractivity contribution in [2.24, 2.45) is 0 Å². The van der Waals surface area contributed by atoms with E-state index in [2.05, 4.69) is 10.0 Å². The van der Waals surface area contributed by atoms with Gasteiger partial charge in [-0.15, -0.1) is 0 Å². The van der Waals surface area contributed by atoms with Gasteiger partial charge >= 0.3 is 0 Å². The number of benzene rings is 2. The molecule has 0 aliphatic rings. The van der Waals surface area contributed by atoms with E-state index in [0.717, 1.165) is 6.07 Å². The molecule has 128 valence electrons. The fourth-order valence-electron chi connectivity index (χ4n) is 1.90. The smallest absolute Gasteiger partial charge is 0.262 e. The number of amides is 1. The van der Waals surface area contributed by atoms with Crippen LogP contribution in [0.5, 0.6) is 0 Å². The maximum atomic E-state index is 13.6. The van der Waals surface area contributed by atoms with Gasteiger partial charge in [0.05, 0.1) is 17.2 Å². The first kappa shape index (κ1) is 17.9. The summed E-state index contributed by atoms with van der Waals surface area (Å²) in [5, 5.41) is 11.5. The van der Waals surface area contributed by atoms with Gasteiger partial charge in [0.1, 0.15) is 5.82 Å². The predicted octanol–water partition coefficient (Wildman–Crippen LogP) is 1.74. The molecule has 0 aliphatic heterocycles. The number of aliphatic hydroxyl groups excluding tert-OH is 1. The van der Waals surface area contributed by atoms with Crippen molar-refractivity contribution < 1.29 is 22.7 Å². The van der Waals surface area contributed by atoms with E-state index in [0.29, 0.717) is 0 Å². The van der Waals surface area contributed by atoms with Crippen LogP contribution in [0.4, 0.5) is 10.1 Å². The van der Waals surface area contributed by atoms with E-state index in [1.54, 1.807) is 6.92 Å².